The van der Waals surface area contributed by atoms with Crippen molar-refractivity contribution in [3.8, 4) is 0 Å². The van der Waals surface area contributed by atoms with E-state index in [1.165, 1.54) is 4.31 Å². The minimum absolute atomic E-state index is 0.185. The normalized spacial score (nSPS) is 14.0. The van der Waals surface area contributed by atoms with E-state index in [1.54, 1.807) is 24.3 Å². The fraction of sp³-hybridized carbons (Fsp3) is 0.409. The maximum absolute atomic E-state index is 13.5. The Morgan fingerprint density at radius 2 is 1.64 bits per heavy atom. The Hall–Kier alpha value is -2.02. The molecule has 28 heavy (non-hydrogen) atoms. The number of ketones is 1. The van der Waals surface area contributed by atoms with Crippen LogP contribution >= 0.6 is 0 Å². The molecule has 0 aliphatic carbocycles. The zero-order chi connectivity index (χ0) is 20.7. The lowest BCUT2D eigenvalue weighted by atomic mass is 10.0. The van der Waals surface area contributed by atoms with Crippen LogP contribution in [-0.2, 0) is 14.8 Å². The van der Waals surface area contributed by atoms with Gasteiger partial charge in [-0.25, -0.2) is 8.42 Å². The van der Waals surface area contributed by atoms with Crippen LogP contribution in [0.3, 0.4) is 0 Å². The summed E-state index contributed by atoms with van der Waals surface area (Å²) in [6.07, 6.45) is 1.86. The summed E-state index contributed by atoms with van der Waals surface area (Å²) >= 11 is 0. The number of carbonyl (C=O) groups is 1. The topological polar surface area (TPSA) is 80.5 Å². The predicted octanol–water partition coefficient (Wildman–Crippen LogP) is 3.83. The van der Waals surface area contributed by atoms with E-state index >= 15 is 0 Å². The molecule has 5 nitrogen and oxygen atoms in total. The molecule has 2 aromatic carbocycles. The van der Waals surface area contributed by atoms with Gasteiger partial charge >= 0.3 is 0 Å². The zero-order valence-corrected chi connectivity index (χ0v) is 17.7. The summed E-state index contributed by atoms with van der Waals surface area (Å²) in [5.41, 5.74) is 7.82. The third-order valence-corrected chi connectivity index (χ3v) is 6.74. The van der Waals surface area contributed by atoms with Crippen molar-refractivity contribution in [1.29, 1.82) is 0 Å². The Morgan fingerprint density at radius 3 is 2.18 bits per heavy atom. The number of carbonyl (C=O) groups excluding carboxylic acids is 1. The van der Waals surface area contributed by atoms with Gasteiger partial charge in [-0.2, -0.15) is 4.31 Å². The van der Waals surface area contributed by atoms with Crippen LogP contribution in [0.1, 0.15) is 50.3 Å². The van der Waals surface area contributed by atoms with Gasteiger partial charge in [0.25, 0.3) is 0 Å². The summed E-state index contributed by atoms with van der Waals surface area (Å²) in [6, 6.07) is 15.0. The molecule has 0 aromatic heterocycles. The average molecular weight is 403 g/mol. The Kier molecular flexibility index (Phi) is 7.92. The van der Waals surface area contributed by atoms with Crippen LogP contribution in [0.4, 0.5) is 0 Å². The van der Waals surface area contributed by atoms with Crippen LogP contribution in [0.2, 0.25) is 0 Å². The molecule has 6 heteroatoms. The largest absolute Gasteiger partial charge is 0.321 e. The van der Waals surface area contributed by atoms with Crippen molar-refractivity contribution < 1.29 is 13.2 Å². The van der Waals surface area contributed by atoms with E-state index in [4.69, 9.17) is 5.73 Å². The SMILES string of the molecule is CCC[C@H](N)C(=O)CN([C@@H](CC)c1ccccc1)S(=O)(=O)c1ccc(C)cc1. The van der Waals surface area contributed by atoms with Gasteiger partial charge in [0.2, 0.25) is 10.0 Å². The first-order chi connectivity index (χ1) is 13.3. The molecule has 152 valence electrons. The monoisotopic (exact) mass is 402 g/mol. The summed E-state index contributed by atoms with van der Waals surface area (Å²) in [7, 11) is -3.86. The highest BCUT2D eigenvalue weighted by molar-refractivity contribution is 7.89. The molecule has 0 bridgehead atoms. The second-order valence-electron chi connectivity index (χ2n) is 7.06. The van der Waals surface area contributed by atoms with Gasteiger partial charge in [-0.15, -0.1) is 0 Å². The van der Waals surface area contributed by atoms with Crippen molar-refractivity contribution in [3.63, 3.8) is 0 Å². The molecular formula is C22H30N2O3S. The van der Waals surface area contributed by atoms with Gasteiger partial charge in [-0.3, -0.25) is 4.79 Å². The van der Waals surface area contributed by atoms with Gasteiger partial charge in [0.1, 0.15) is 0 Å². The lowest BCUT2D eigenvalue weighted by Gasteiger charge is -2.31. The second-order valence-corrected chi connectivity index (χ2v) is 8.95. The summed E-state index contributed by atoms with van der Waals surface area (Å²) in [6.45, 7) is 5.55. The highest BCUT2D eigenvalue weighted by atomic mass is 32.2. The fourth-order valence-electron chi connectivity index (χ4n) is 3.23. The van der Waals surface area contributed by atoms with Crippen LogP contribution in [0.15, 0.2) is 59.5 Å². The maximum atomic E-state index is 13.5. The third-order valence-electron chi connectivity index (χ3n) is 4.87. The third kappa shape index (κ3) is 5.28. The van der Waals surface area contributed by atoms with Crippen LogP contribution in [0, 0.1) is 6.92 Å². The lowest BCUT2D eigenvalue weighted by molar-refractivity contribution is -0.121. The average Bonchev–Trinajstić information content (AvgIpc) is 2.69. The molecule has 2 aromatic rings. The molecule has 0 unspecified atom stereocenters. The number of rotatable bonds is 10. The quantitative estimate of drug-likeness (QED) is 0.655. The molecule has 2 N–H and O–H groups in total. The molecule has 0 heterocycles. The molecule has 0 spiro atoms. The minimum atomic E-state index is -3.86. The second kappa shape index (κ2) is 9.96. The van der Waals surface area contributed by atoms with Gasteiger partial charge in [0, 0.05) is 0 Å². The Balaban J connectivity index is 2.48. The predicted molar refractivity (Wildman–Crippen MR) is 112 cm³/mol. The molecule has 0 saturated carbocycles. The van der Waals surface area contributed by atoms with E-state index in [0.29, 0.717) is 12.8 Å². The van der Waals surface area contributed by atoms with Crippen molar-refractivity contribution in [3.05, 3.63) is 65.7 Å². The molecule has 0 amide bonds. The van der Waals surface area contributed by atoms with Gasteiger partial charge in [0.15, 0.2) is 5.78 Å². The number of hydrogen-bond acceptors (Lipinski definition) is 4. The van der Waals surface area contributed by atoms with Crippen LogP contribution < -0.4 is 5.73 Å². The number of aryl methyl sites for hydroxylation is 1. The van der Waals surface area contributed by atoms with E-state index < -0.39 is 22.1 Å². The van der Waals surface area contributed by atoms with E-state index in [9.17, 15) is 13.2 Å². The molecular weight excluding hydrogens is 372 g/mol. The standard InChI is InChI=1S/C22H30N2O3S/c1-4-9-20(23)22(25)16-24(21(5-2)18-10-7-6-8-11-18)28(26,27)19-14-12-17(3)13-15-19/h6-8,10-15,20-21H,4-5,9,16,23H2,1-3H3/t20-,21-/m0/s1. The summed E-state index contributed by atoms with van der Waals surface area (Å²) in [5, 5.41) is 0. The van der Waals surface area contributed by atoms with Crippen molar-refractivity contribution in [2.24, 2.45) is 5.73 Å². The molecule has 2 atom stereocenters. The van der Waals surface area contributed by atoms with Crippen LogP contribution in [-0.4, -0.2) is 31.1 Å². The van der Waals surface area contributed by atoms with Gasteiger partial charge < -0.3 is 5.73 Å². The lowest BCUT2D eigenvalue weighted by Crippen LogP contribution is -2.44. The van der Waals surface area contributed by atoms with Gasteiger partial charge in [-0.1, -0.05) is 68.3 Å². The number of nitrogens with zero attached hydrogens (tertiary/aromatic N) is 1. The molecule has 0 aliphatic rings. The Morgan fingerprint density at radius 1 is 1.04 bits per heavy atom. The van der Waals surface area contributed by atoms with Gasteiger partial charge in [0.05, 0.1) is 23.5 Å². The summed E-state index contributed by atoms with van der Waals surface area (Å²) in [5.74, 6) is -0.257. The molecule has 0 fully saturated rings. The highest BCUT2D eigenvalue weighted by Crippen LogP contribution is 2.30. The highest BCUT2D eigenvalue weighted by Gasteiger charge is 2.34. The van der Waals surface area contributed by atoms with Crippen molar-refractivity contribution in [2.75, 3.05) is 6.54 Å². The smallest absolute Gasteiger partial charge is 0.244 e. The molecule has 2 rings (SSSR count). The summed E-state index contributed by atoms with van der Waals surface area (Å²) in [4.78, 5) is 12.9. The summed E-state index contributed by atoms with van der Waals surface area (Å²) < 4.78 is 28.2. The number of nitrogens with two attached hydrogens (primary N) is 1. The van der Waals surface area contributed by atoms with Crippen molar-refractivity contribution in [1.82, 2.24) is 4.31 Å². The minimum Gasteiger partial charge on any atom is -0.321 e. The van der Waals surface area contributed by atoms with E-state index in [2.05, 4.69) is 0 Å². The first-order valence-electron chi connectivity index (χ1n) is 9.73. The number of hydrogen-bond donors (Lipinski definition) is 1. The van der Waals surface area contributed by atoms with Crippen LogP contribution in [0.25, 0.3) is 0 Å². The van der Waals surface area contributed by atoms with Crippen molar-refractivity contribution in [2.45, 2.75) is 57.0 Å². The van der Waals surface area contributed by atoms with Crippen LogP contribution in [0.5, 0.6) is 0 Å². The number of sulfonamides is 1. The first kappa shape index (κ1) is 22.3. The fourth-order valence-corrected chi connectivity index (χ4v) is 4.89. The van der Waals surface area contributed by atoms with Gasteiger partial charge in [-0.05, 0) is 37.5 Å². The number of Topliss-reactive ketones (excluding diaryl/α,β-unsaturated/α-hetero) is 1. The van der Waals surface area contributed by atoms with E-state index in [0.717, 1.165) is 17.5 Å². The maximum Gasteiger partial charge on any atom is 0.244 e. The molecule has 0 aliphatic heterocycles. The van der Waals surface area contributed by atoms with Crippen molar-refractivity contribution >= 4 is 15.8 Å². The Labute approximate surface area is 168 Å². The Bertz CT molecular complexity index is 864. The zero-order valence-electron chi connectivity index (χ0n) is 16.8. The van der Waals surface area contributed by atoms with E-state index in [-0.39, 0.29) is 17.2 Å². The molecule has 0 saturated heterocycles. The number of benzene rings is 2. The molecule has 0 radical (unpaired) electrons. The van der Waals surface area contributed by atoms with E-state index in [1.807, 2.05) is 51.1 Å². The first-order valence-corrected chi connectivity index (χ1v) is 11.2.